The number of carbonyl (C=O) groups excluding carboxylic acids is 1. The number of hydrogen-bond donors (Lipinski definition) is 1. The second-order valence-electron chi connectivity index (χ2n) is 5.68. The fourth-order valence-electron chi connectivity index (χ4n) is 3.26. The van der Waals surface area contributed by atoms with Gasteiger partial charge in [0.25, 0.3) is 0 Å². The molecule has 1 heterocycles. The number of aromatic nitrogens is 4. The number of rotatable bonds is 4. The highest BCUT2D eigenvalue weighted by molar-refractivity contribution is 5.78. The maximum atomic E-state index is 12.0. The van der Waals surface area contributed by atoms with Gasteiger partial charge in [0.15, 0.2) is 5.82 Å². The number of carbonyl (C=O) groups is 1. The van der Waals surface area contributed by atoms with Crippen LogP contribution in [0.4, 0.5) is 0 Å². The Bertz CT molecular complexity index is 432. The minimum absolute atomic E-state index is 0.165. The lowest BCUT2D eigenvalue weighted by molar-refractivity contribution is -0.125. The van der Waals surface area contributed by atoms with Gasteiger partial charge < -0.3 is 5.32 Å². The summed E-state index contributed by atoms with van der Waals surface area (Å²) in [6, 6.07) is 0.424. The summed E-state index contributed by atoms with van der Waals surface area (Å²) in [5.74, 6) is 1.16. The molecule has 2 saturated carbocycles. The van der Waals surface area contributed by atoms with E-state index in [1.165, 1.54) is 25.7 Å². The Hall–Kier alpha value is -1.46. The highest BCUT2D eigenvalue weighted by Crippen LogP contribution is 2.29. The lowest BCUT2D eigenvalue weighted by atomic mass is 10.1. The lowest BCUT2D eigenvalue weighted by Crippen LogP contribution is -2.30. The predicted octanol–water partition coefficient (Wildman–Crippen LogP) is 1.59. The van der Waals surface area contributed by atoms with Gasteiger partial charge in [0.1, 0.15) is 0 Å². The monoisotopic (exact) mass is 263 g/mol. The van der Waals surface area contributed by atoms with E-state index in [9.17, 15) is 4.79 Å². The molecular weight excluding hydrogens is 242 g/mol. The van der Waals surface area contributed by atoms with Crippen LogP contribution in [0.2, 0.25) is 0 Å². The first-order chi connectivity index (χ1) is 9.34. The van der Waals surface area contributed by atoms with Gasteiger partial charge in [-0.05, 0) is 36.1 Å². The molecule has 19 heavy (non-hydrogen) atoms. The fraction of sp³-hybridized carbons (Fsp3) is 0.846. The SMILES string of the molecule is O=C(NCc1nnnn1C1CCCC1)C1CCCC1. The molecule has 0 unspecified atom stereocenters. The largest absolute Gasteiger partial charge is 0.348 e. The maximum Gasteiger partial charge on any atom is 0.223 e. The van der Waals surface area contributed by atoms with Crippen LogP contribution in [0.5, 0.6) is 0 Å². The Labute approximate surface area is 112 Å². The molecule has 0 bridgehead atoms. The predicted molar refractivity (Wildman–Crippen MR) is 69.1 cm³/mol. The van der Waals surface area contributed by atoms with E-state index in [1.807, 2.05) is 4.68 Å². The van der Waals surface area contributed by atoms with E-state index in [4.69, 9.17) is 0 Å². The Morgan fingerprint density at radius 2 is 1.84 bits per heavy atom. The molecule has 0 spiro atoms. The molecule has 1 aromatic rings. The molecule has 0 aromatic carbocycles. The Morgan fingerprint density at radius 3 is 2.58 bits per heavy atom. The molecule has 2 aliphatic carbocycles. The van der Waals surface area contributed by atoms with Crippen molar-refractivity contribution in [3.05, 3.63) is 5.82 Å². The maximum absolute atomic E-state index is 12.0. The molecule has 2 aliphatic rings. The Balaban J connectivity index is 1.57. The van der Waals surface area contributed by atoms with Gasteiger partial charge in [-0.25, -0.2) is 4.68 Å². The number of amides is 1. The van der Waals surface area contributed by atoms with Crippen LogP contribution >= 0.6 is 0 Å². The van der Waals surface area contributed by atoms with Crippen molar-refractivity contribution in [2.75, 3.05) is 0 Å². The van der Waals surface area contributed by atoms with Crippen molar-refractivity contribution >= 4 is 5.91 Å². The number of nitrogens with zero attached hydrogens (tertiary/aromatic N) is 4. The van der Waals surface area contributed by atoms with E-state index >= 15 is 0 Å². The molecule has 0 radical (unpaired) electrons. The molecule has 2 fully saturated rings. The molecule has 6 heteroatoms. The first-order valence-corrected chi connectivity index (χ1v) is 7.39. The normalized spacial score (nSPS) is 21.1. The molecule has 1 aromatic heterocycles. The van der Waals surface area contributed by atoms with Gasteiger partial charge in [-0.2, -0.15) is 0 Å². The van der Waals surface area contributed by atoms with Gasteiger partial charge in [-0.15, -0.1) is 5.10 Å². The average molecular weight is 263 g/mol. The molecule has 0 atom stereocenters. The molecule has 6 nitrogen and oxygen atoms in total. The van der Waals surface area contributed by atoms with Crippen molar-refractivity contribution in [2.24, 2.45) is 5.92 Å². The van der Waals surface area contributed by atoms with Gasteiger partial charge in [-0.1, -0.05) is 25.7 Å². The van der Waals surface area contributed by atoms with E-state index in [0.717, 1.165) is 31.5 Å². The number of tetrazole rings is 1. The Morgan fingerprint density at radius 1 is 1.16 bits per heavy atom. The van der Waals surface area contributed by atoms with Gasteiger partial charge in [0.05, 0.1) is 12.6 Å². The van der Waals surface area contributed by atoms with Crippen molar-refractivity contribution < 1.29 is 4.79 Å². The van der Waals surface area contributed by atoms with E-state index in [0.29, 0.717) is 12.6 Å². The first kappa shape index (κ1) is 12.6. The topological polar surface area (TPSA) is 72.7 Å². The lowest BCUT2D eigenvalue weighted by Gasteiger charge is -2.13. The summed E-state index contributed by atoms with van der Waals surface area (Å²) in [5, 5.41) is 14.9. The second-order valence-corrected chi connectivity index (χ2v) is 5.68. The third-order valence-corrected chi connectivity index (χ3v) is 4.38. The van der Waals surface area contributed by atoms with Crippen molar-refractivity contribution in [2.45, 2.75) is 64.0 Å². The van der Waals surface area contributed by atoms with Crippen LogP contribution in [-0.2, 0) is 11.3 Å². The number of hydrogen-bond acceptors (Lipinski definition) is 4. The van der Waals surface area contributed by atoms with E-state index in [1.54, 1.807) is 0 Å². The van der Waals surface area contributed by atoms with Gasteiger partial charge in [0, 0.05) is 5.92 Å². The minimum atomic E-state index is 0.165. The van der Waals surface area contributed by atoms with Crippen LogP contribution in [0, 0.1) is 5.92 Å². The molecular formula is C13H21N5O. The van der Waals surface area contributed by atoms with Crippen LogP contribution in [0.25, 0.3) is 0 Å². The smallest absolute Gasteiger partial charge is 0.223 e. The third kappa shape index (κ3) is 2.77. The van der Waals surface area contributed by atoms with Crippen molar-refractivity contribution in [1.82, 2.24) is 25.5 Å². The molecule has 104 valence electrons. The second kappa shape index (κ2) is 5.67. The van der Waals surface area contributed by atoms with Gasteiger partial charge in [0.2, 0.25) is 5.91 Å². The van der Waals surface area contributed by atoms with E-state index < -0.39 is 0 Å². The Kier molecular flexibility index (Phi) is 3.75. The third-order valence-electron chi connectivity index (χ3n) is 4.38. The van der Waals surface area contributed by atoms with E-state index in [-0.39, 0.29) is 11.8 Å². The zero-order valence-electron chi connectivity index (χ0n) is 11.2. The summed E-state index contributed by atoms with van der Waals surface area (Å²) in [6.07, 6.45) is 9.20. The molecule has 0 saturated heterocycles. The summed E-state index contributed by atoms with van der Waals surface area (Å²) in [6.45, 7) is 0.457. The molecule has 1 N–H and O–H groups in total. The van der Waals surface area contributed by atoms with Crippen LogP contribution in [0.15, 0.2) is 0 Å². The summed E-state index contributed by atoms with van der Waals surface area (Å²) in [7, 11) is 0. The van der Waals surface area contributed by atoms with Crippen LogP contribution in [-0.4, -0.2) is 26.1 Å². The van der Waals surface area contributed by atoms with Gasteiger partial charge >= 0.3 is 0 Å². The van der Waals surface area contributed by atoms with Crippen LogP contribution < -0.4 is 5.32 Å². The fourth-order valence-corrected chi connectivity index (χ4v) is 3.26. The molecule has 1 amide bonds. The van der Waals surface area contributed by atoms with Crippen LogP contribution in [0.1, 0.15) is 63.2 Å². The summed E-state index contributed by atoms with van der Waals surface area (Å²) in [4.78, 5) is 12.0. The summed E-state index contributed by atoms with van der Waals surface area (Å²) in [5.41, 5.74) is 0. The summed E-state index contributed by atoms with van der Waals surface area (Å²) < 4.78 is 1.90. The summed E-state index contributed by atoms with van der Waals surface area (Å²) >= 11 is 0. The molecule has 0 aliphatic heterocycles. The average Bonchev–Trinajstić information content (AvgIpc) is 3.14. The van der Waals surface area contributed by atoms with E-state index in [2.05, 4.69) is 20.8 Å². The number of nitrogens with one attached hydrogen (secondary N) is 1. The van der Waals surface area contributed by atoms with Crippen molar-refractivity contribution in [3.63, 3.8) is 0 Å². The highest BCUT2D eigenvalue weighted by atomic mass is 16.1. The van der Waals surface area contributed by atoms with Crippen molar-refractivity contribution in [3.8, 4) is 0 Å². The highest BCUT2D eigenvalue weighted by Gasteiger charge is 2.24. The zero-order valence-corrected chi connectivity index (χ0v) is 11.2. The quantitative estimate of drug-likeness (QED) is 0.895. The minimum Gasteiger partial charge on any atom is -0.348 e. The van der Waals surface area contributed by atoms with Crippen LogP contribution in [0.3, 0.4) is 0 Å². The zero-order chi connectivity index (χ0) is 13.1. The standard InChI is InChI=1S/C13H21N5O/c19-13(10-5-1-2-6-10)14-9-12-15-16-17-18(12)11-7-3-4-8-11/h10-11H,1-9H2,(H,14,19). The first-order valence-electron chi connectivity index (χ1n) is 7.39. The molecule has 3 rings (SSSR count). The van der Waals surface area contributed by atoms with Gasteiger partial charge in [-0.3, -0.25) is 4.79 Å². The van der Waals surface area contributed by atoms with Crippen molar-refractivity contribution in [1.29, 1.82) is 0 Å².